The van der Waals surface area contributed by atoms with Gasteiger partial charge < -0.3 is 4.40 Å². The summed E-state index contributed by atoms with van der Waals surface area (Å²) in [6.07, 6.45) is 6.96. The zero-order valence-corrected chi connectivity index (χ0v) is 10.2. The van der Waals surface area contributed by atoms with Crippen molar-refractivity contribution in [3.8, 4) is 0 Å². The van der Waals surface area contributed by atoms with E-state index in [-0.39, 0.29) is 0 Å². The molecule has 0 saturated heterocycles. The van der Waals surface area contributed by atoms with Crippen LogP contribution < -0.4 is 0 Å². The highest BCUT2D eigenvalue weighted by Crippen LogP contribution is 2.41. The van der Waals surface area contributed by atoms with E-state index in [1.165, 1.54) is 18.5 Å². The molecule has 1 atom stereocenters. The second-order valence-electron chi connectivity index (χ2n) is 4.40. The molecule has 0 aliphatic heterocycles. The predicted molar refractivity (Wildman–Crippen MR) is 64.0 cm³/mol. The lowest BCUT2D eigenvalue weighted by atomic mass is 10.0. The Labute approximate surface area is 97.5 Å². The van der Waals surface area contributed by atoms with Gasteiger partial charge in [0.1, 0.15) is 5.65 Å². The third-order valence-electron chi connectivity index (χ3n) is 3.23. The topological polar surface area (TPSA) is 17.3 Å². The fourth-order valence-corrected chi connectivity index (χ4v) is 2.39. The summed E-state index contributed by atoms with van der Waals surface area (Å²) in [6, 6.07) is 4.08. The van der Waals surface area contributed by atoms with E-state index in [2.05, 4.69) is 44.6 Å². The van der Waals surface area contributed by atoms with Gasteiger partial charge in [-0.15, -0.1) is 0 Å². The standard InChI is InChI=1S/C12H13BrN2/c1-8(9-2-3-9)11-7-15-6-10(13)4-5-12(15)14-11/h4-9H,2-3H2,1H3. The van der Waals surface area contributed by atoms with Gasteiger partial charge in [0, 0.05) is 22.8 Å². The van der Waals surface area contributed by atoms with Crippen molar-refractivity contribution in [2.75, 3.05) is 0 Å². The first-order valence-corrected chi connectivity index (χ1v) is 6.17. The molecule has 0 aromatic carbocycles. The highest BCUT2D eigenvalue weighted by Gasteiger charge is 2.30. The van der Waals surface area contributed by atoms with Gasteiger partial charge in [-0.3, -0.25) is 0 Å². The van der Waals surface area contributed by atoms with Crippen LogP contribution in [-0.4, -0.2) is 9.38 Å². The van der Waals surface area contributed by atoms with Gasteiger partial charge >= 0.3 is 0 Å². The fourth-order valence-electron chi connectivity index (χ4n) is 2.04. The van der Waals surface area contributed by atoms with E-state index in [0.29, 0.717) is 5.92 Å². The number of hydrogen-bond acceptors (Lipinski definition) is 1. The second-order valence-corrected chi connectivity index (χ2v) is 5.32. The molecule has 0 amide bonds. The van der Waals surface area contributed by atoms with Crippen LogP contribution in [0.2, 0.25) is 0 Å². The van der Waals surface area contributed by atoms with Crippen molar-refractivity contribution in [3.05, 3.63) is 34.7 Å². The average Bonchev–Trinajstić information content (AvgIpc) is 2.97. The van der Waals surface area contributed by atoms with E-state index in [1.54, 1.807) is 0 Å². The second kappa shape index (κ2) is 3.34. The number of halogens is 1. The molecule has 0 bridgehead atoms. The number of fused-ring (bicyclic) bond motifs is 1. The predicted octanol–water partition coefficient (Wildman–Crippen LogP) is 3.61. The first-order valence-electron chi connectivity index (χ1n) is 5.38. The zero-order chi connectivity index (χ0) is 10.4. The molecule has 78 valence electrons. The fraction of sp³-hybridized carbons (Fsp3) is 0.417. The molecule has 3 heteroatoms. The number of rotatable bonds is 2. The molecule has 15 heavy (non-hydrogen) atoms. The van der Waals surface area contributed by atoms with Crippen LogP contribution in [0.15, 0.2) is 29.0 Å². The van der Waals surface area contributed by atoms with Gasteiger partial charge in [-0.25, -0.2) is 4.98 Å². The normalized spacial score (nSPS) is 18.3. The molecule has 2 aromatic heterocycles. The molecular formula is C12H13BrN2. The molecule has 0 N–H and O–H groups in total. The summed E-state index contributed by atoms with van der Waals surface area (Å²) < 4.78 is 3.19. The number of hydrogen-bond donors (Lipinski definition) is 0. The molecular weight excluding hydrogens is 252 g/mol. The summed E-state index contributed by atoms with van der Waals surface area (Å²) in [5.74, 6) is 1.49. The van der Waals surface area contributed by atoms with Crippen molar-refractivity contribution in [2.24, 2.45) is 5.92 Å². The minimum Gasteiger partial charge on any atom is -0.306 e. The Morgan fingerprint density at radius 1 is 1.40 bits per heavy atom. The summed E-state index contributed by atoms with van der Waals surface area (Å²) in [6.45, 7) is 2.29. The zero-order valence-electron chi connectivity index (χ0n) is 8.65. The average molecular weight is 265 g/mol. The lowest BCUT2D eigenvalue weighted by Gasteiger charge is -2.03. The number of nitrogens with zero attached hydrogens (tertiary/aromatic N) is 2. The van der Waals surface area contributed by atoms with Crippen LogP contribution in [-0.2, 0) is 0 Å². The third kappa shape index (κ3) is 1.69. The minimum absolute atomic E-state index is 0.615. The van der Waals surface area contributed by atoms with Crippen molar-refractivity contribution in [1.82, 2.24) is 9.38 Å². The van der Waals surface area contributed by atoms with Gasteiger partial charge in [0.15, 0.2) is 0 Å². The maximum absolute atomic E-state index is 4.66. The molecule has 1 saturated carbocycles. The lowest BCUT2D eigenvalue weighted by molar-refractivity contribution is 0.648. The Morgan fingerprint density at radius 3 is 2.93 bits per heavy atom. The van der Waals surface area contributed by atoms with E-state index in [4.69, 9.17) is 0 Å². The van der Waals surface area contributed by atoms with Gasteiger partial charge in [0.2, 0.25) is 0 Å². The number of imidazole rings is 1. The Hall–Kier alpha value is -0.830. The van der Waals surface area contributed by atoms with Crippen LogP contribution in [0.5, 0.6) is 0 Å². The Bertz CT molecular complexity index is 499. The molecule has 1 fully saturated rings. The van der Waals surface area contributed by atoms with Gasteiger partial charge in [-0.2, -0.15) is 0 Å². The summed E-state index contributed by atoms with van der Waals surface area (Å²) in [5.41, 5.74) is 2.27. The number of aromatic nitrogens is 2. The first kappa shape index (κ1) is 9.40. The summed E-state index contributed by atoms with van der Waals surface area (Å²) in [5, 5.41) is 0. The molecule has 1 aliphatic rings. The molecule has 1 unspecified atom stereocenters. The van der Waals surface area contributed by atoms with Crippen molar-refractivity contribution in [2.45, 2.75) is 25.7 Å². The van der Waals surface area contributed by atoms with E-state index < -0.39 is 0 Å². The number of pyridine rings is 1. The highest BCUT2D eigenvalue weighted by atomic mass is 79.9. The lowest BCUT2D eigenvalue weighted by Crippen LogP contribution is -1.95. The monoisotopic (exact) mass is 264 g/mol. The van der Waals surface area contributed by atoms with Gasteiger partial charge in [0.05, 0.1) is 5.69 Å². The SMILES string of the molecule is CC(c1cn2cc(Br)ccc2n1)C1CC1. The van der Waals surface area contributed by atoms with Crippen LogP contribution >= 0.6 is 15.9 Å². The van der Waals surface area contributed by atoms with E-state index in [1.807, 2.05) is 12.1 Å². The molecule has 3 rings (SSSR count). The summed E-state index contributed by atoms with van der Waals surface area (Å²) in [7, 11) is 0. The van der Waals surface area contributed by atoms with Gasteiger partial charge in [0.25, 0.3) is 0 Å². The maximum Gasteiger partial charge on any atom is 0.137 e. The Morgan fingerprint density at radius 2 is 2.20 bits per heavy atom. The van der Waals surface area contributed by atoms with Crippen LogP contribution in [0.3, 0.4) is 0 Å². The molecule has 2 aromatic rings. The van der Waals surface area contributed by atoms with E-state index in [0.717, 1.165) is 16.0 Å². The smallest absolute Gasteiger partial charge is 0.137 e. The van der Waals surface area contributed by atoms with E-state index in [9.17, 15) is 0 Å². The van der Waals surface area contributed by atoms with Crippen molar-refractivity contribution in [1.29, 1.82) is 0 Å². The van der Waals surface area contributed by atoms with Crippen LogP contribution in [0, 0.1) is 5.92 Å². The van der Waals surface area contributed by atoms with Gasteiger partial charge in [-0.1, -0.05) is 6.92 Å². The van der Waals surface area contributed by atoms with Crippen molar-refractivity contribution < 1.29 is 0 Å². The summed E-state index contributed by atoms with van der Waals surface area (Å²) >= 11 is 3.47. The molecule has 0 spiro atoms. The molecule has 1 aliphatic carbocycles. The molecule has 2 heterocycles. The largest absolute Gasteiger partial charge is 0.306 e. The van der Waals surface area contributed by atoms with Crippen molar-refractivity contribution >= 4 is 21.6 Å². The highest BCUT2D eigenvalue weighted by molar-refractivity contribution is 9.10. The Balaban J connectivity index is 2.05. The third-order valence-corrected chi connectivity index (χ3v) is 3.70. The maximum atomic E-state index is 4.66. The quantitative estimate of drug-likeness (QED) is 0.810. The van der Waals surface area contributed by atoms with Crippen molar-refractivity contribution in [3.63, 3.8) is 0 Å². The molecule has 2 nitrogen and oxygen atoms in total. The minimum atomic E-state index is 0.615. The van der Waals surface area contributed by atoms with Crippen LogP contribution in [0.25, 0.3) is 5.65 Å². The van der Waals surface area contributed by atoms with Gasteiger partial charge in [-0.05, 0) is 46.8 Å². The Kier molecular flexibility index (Phi) is 2.09. The first-order chi connectivity index (χ1) is 7.24. The summed E-state index contributed by atoms with van der Waals surface area (Å²) in [4.78, 5) is 4.66. The van der Waals surface area contributed by atoms with Crippen LogP contribution in [0.1, 0.15) is 31.4 Å². The van der Waals surface area contributed by atoms with Crippen LogP contribution in [0.4, 0.5) is 0 Å². The molecule has 0 radical (unpaired) electrons. The van der Waals surface area contributed by atoms with E-state index >= 15 is 0 Å².